The fourth-order valence-corrected chi connectivity index (χ4v) is 1.54. The first-order valence-corrected chi connectivity index (χ1v) is 6.28. The Labute approximate surface area is 103 Å². The molecule has 0 bridgehead atoms. The monoisotopic (exact) mass is 264 g/mol. The molecule has 0 aliphatic rings. The lowest BCUT2D eigenvalue weighted by Crippen LogP contribution is -2.51. The van der Waals surface area contributed by atoms with Crippen molar-refractivity contribution in [3.63, 3.8) is 0 Å². The van der Waals surface area contributed by atoms with Crippen molar-refractivity contribution in [2.75, 3.05) is 18.6 Å². The average Bonchev–Trinajstić information content (AvgIpc) is 2.30. The van der Waals surface area contributed by atoms with E-state index < -0.39 is 30.6 Å². The minimum absolute atomic E-state index is 0.388. The highest BCUT2D eigenvalue weighted by Crippen LogP contribution is 2.01. The number of aliphatic carboxylic acids is 1. The second-order valence-electron chi connectivity index (χ2n) is 3.20. The first-order chi connectivity index (χ1) is 8.06. The van der Waals surface area contributed by atoms with Gasteiger partial charge in [0.05, 0.1) is 6.61 Å². The molecule has 0 aromatic carbocycles. The summed E-state index contributed by atoms with van der Waals surface area (Å²) in [5, 5.41) is 21.8. The third-order valence-electron chi connectivity index (χ3n) is 1.99. The molecule has 98 valence electrons. The number of aliphatic hydroxyl groups is 1. The molecule has 0 spiro atoms. The first kappa shape index (κ1) is 15.7. The van der Waals surface area contributed by atoms with Crippen LogP contribution in [0.2, 0.25) is 0 Å². The van der Waals surface area contributed by atoms with E-state index in [1.807, 2.05) is 6.26 Å². The van der Waals surface area contributed by atoms with Crippen LogP contribution in [0.25, 0.3) is 0 Å². The molecule has 0 heterocycles. The lowest BCUT2D eigenvalue weighted by atomic mass is 10.2. The topological polar surface area (TPSA) is 116 Å². The number of carbonyl (C=O) groups is 3. The molecule has 0 aliphatic carbocycles. The number of carboxylic acid groups (broad SMARTS) is 1. The summed E-state index contributed by atoms with van der Waals surface area (Å²) in [5.41, 5.74) is 0. The van der Waals surface area contributed by atoms with Crippen LogP contribution in [0, 0.1) is 0 Å². The molecule has 8 heteroatoms. The van der Waals surface area contributed by atoms with Gasteiger partial charge >= 0.3 is 5.97 Å². The van der Waals surface area contributed by atoms with Crippen LogP contribution in [0.3, 0.4) is 0 Å². The molecule has 0 saturated carbocycles. The number of hydrogen-bond donors (Lipinski definition) is 4. The van der Waals surface area contributed by atoms with Crippen molar-refractivity contribution in [1.82, 2.24) is 10.6 Å². The van der Waals surface area contributed by atoms with E-state index in [-0.39, 0.29) is 0 Å². The van der Waals surface area contributed by atoms with Gasteiger partial charge in [-0.1, -0.05) is 0 Å². The van der Waals surface area contributed by atoms with Gasteiger partial charge in [0.25, 0.3) is 0 Å². The molecule has 0 fully saturated rings. The summed E-state index contributed by atoms with van der Waals surface area (Å²) < 4.78 is 0. The van der Waals surface area contributed by atoms with Crippen molar-refractivity contribution in [3.05, 3.63) is 0 Å². The summed E-state index contributed by atoms with van der Waals surface area (Å²) in [4.78, 5) is 32.5. The minimum atomic E-state index is -1.35. The number of carbonyl (C=O) groups excluding carboxylic acids is 2. The molecule has 2 amide bonds. The van der Waals surface area contributed by atoms with E-state index in [4.69, 9.17) is 10.2 Å². The smallest absolute Gasteiger partial charge is 0.328 e. The van der Waals surface area contributed by atoms with Crippen LogP contribution in [0.5, 0.6) is 0 Å². The standard InChI is InChI=1S/C9H16N2O5S/c1-17-3-2-6(10-5-13)8(14)11-7(4-12)9(15)16/h5-7,12H,2-4H2,1H3,(H,10,13)(H,11,14)(H,15,16)/t6-,7-/m0/s1. The van der Waals surface area contributed by atoms with Gasteiger partial charge in [0.15, 0.2) is 0 Å². The Morgan fingerprint density at radius 3 is 2.47 bits per heavy atom. The molecule has 0 unspecified atom stereocenters. The second kappa shape index (κ2) is 8.82. The molecule has 0 rings (SSSR count). The van der Waals surface area contributed by atoms with E-state index in [2.05, 4.69) is 10.6 Å². The van der Waals surface area contributed by atoms with E-state index in [0.717, 1.165) is 0 Å². The Kier molecular flexibility index (Phi) is 8.16. The van der Waals surface area contributed by atoms with Gasteiger partial charge in [-0.2, -0.15) is 11.8 Å². The van der Waals surface area contributed by atoms with Gasteiger partial charge in [-0.15, -0.1) is 0 Å². The molecule has 2 atom stereocenters. The number of carboxylic acids is 1. The predicted molar refractivity (Wildman–Crippen MR) is 62.6 cm³/mol. The summed E-state index contributed by atoms with van der Waals surface area (Å²) in [6, 6.07) is -2.14. The van der Waals surface area contributed by atoms with Crippen LogP contribution in [-0.2, 0) is 14.4 Å². The Morgan fingerprint density at radius 2 is 2.06 bits per heavy atom. The number of hydrogen-bond acceptors (Lipinski definition) is 5. The van der Waals surface area contributed by atoms with Gasteiger partial charge in [0.2, 0.25) is 12.3 Å². The van der Waals surface area contributed by atoms with Crippen LogP contribution >= 0.6 is 11.8 Å². The summed E-state index contributed by atoms with van der Waals surface area (Å²) >= 11 is 1.50. The predicted octanol–water partition coefficient (Wildman–Crippen LogP) is -1.58. The molecular formula is C9H16N2O5S. The summed E-state index contributed by atoms with van der Waals surface area (Å²) in [5.74, 6) is -1.29. The van der Waals surface area contributed by atoms with Crippen molar-refractivity contribution in [3.8, 4) is 0 Å². The molecule has 7 nitrogen and oxygen atoms in total. The zero-order valence-corrected chi connectivity index (χ0v) is 10.2. The first-order valence-electron chi connectivity index (χ1n) is 4.89. The molecule has 0 aromatic rings. The van der Waals surface area contributed by atoms with Crippen LogP contribution in [0.4, 0.5) is 0 Å². The molecule has 4 N–H and O–H groups in total. The normalized spacial score (nSPS) is 13.5. The molecule has 0 radical (unpaired) electrons. The van der Waals surface area contributed by atoms with E-state index in [0.29, 0.717) is 18.6 Å². The van der Waals surface area contributed by atoms with E-state index in [1.54, 1.807) is 0 Å². The summed E-state index contributed by atoms with van der Waals surface area (Å²) in [6.45, 7) is -0.697. The zero-order chi connectivity index (χ0) is 13.3. The number of amides is 2. The van der Waals surface area contributed by atoms with Crippen molar-refractivity contribution >= 4 is 30.0 Å². The molecule has 17 heavy (non-hydrogen) atoms. The molecule has 0 saturated heterocycles. The maximum atomic E-state index is 11.6. The Hall–Kier alpha value is -1.28. The fourth-order valence-electron chi connectivity index (χ4n) is 1.07. The van der Waals surface area contributed by atoms with E-state index in [9.17, 15) is 14.4 Å². The van der Waals surface area contributed by atoms with Gasteiger partial charge in [-0.25, -0.2) is 4.79 Å². The van der Waals surface area contributed by atoms with Gasteiger partial charge in [-0.05, 0) is 18.4 Å². The SMILES string of the molecule is CSCC[C@H](NC=O)C(=O)N[C@@H](CO)C(=O)O. The quantitative estimate of drug-likeness (QED) is 0.373. The van der Waals surface area contributed by atoms with E-state index in [1.165, 1.54) is 11.8 Å². The van der Waals surface area contributed by atoms with Crippen LogP contribution in [-0.4, -0.2) is 59.2 Å². The molecular weight excluding hydrogens is 248 g/mol. The summed E-state index contributed by atoms with van der Waals surface area (Å²) in [7, 11) is 0. The van der Waals surface area contributed by atoms with Crippen molar-refractivity contribution in [2.24, 2.45) is 0 Å². The zero-order valence-electron chi connectivity index (χ0n) is 9.38. The Morgan fingerprint density at radius 1 is 1.41 bits per heavy atom. The van der Waals surface area contributed by atoms with Gasteiger partial charge in [0, 0.05) is 0 Å². The Balaban J connectivity index is 4.38. The minimum Gasteiger partial charge on any atom is -0.480 e. The van der Waals surface area contributed by atoms with Gasteiger partial charge < -0.3 is 20.8 Å². The highest BCUT2D eigenvalue weighted by molar-refractivity contribution is 7.98. The third-order valence-corrected chi connectivity index (χ3v) is 2.64. The number of aliphatic hydroxyl groups excluding tert-OH is 1. The fraction of sp³-hybridized carbons (Fsp3) is 0.667. The average molecular weight is 264 g/mol. The second-order valence-corrected chi connectivity index (χ2v) is 4.19. The molecule has 0 aliphatic heterocycles. The number of thioether (sulfide) groups is 1. The van der Waals surface area contributed by atoms with Crippen LogP contribution in [0.15, 0.2) is 0 Å². The van der Waals surface area contributed by atoms with E-state index >= 15 is 0 Å². The maximum Gasteiger partial charge on any atom is 0.328 e. The maximum absolute atomic E-state index is 11.6. The lowest BCUT2D eigenvalue weighted by Gasteiger charge is -2.18. The lowest BCUT2D eigenvalue weighted by molar-refractivity contribution is -0.143. The summed E-state index contributed by atoms with van der Waals surface area (Å²) in [6.07, 6.45) is 2.63. The molecule has 0 aromatic heterocycles. The number of nitrogens with one attached hydrogen (secondary N) is 2. The van der Waals surface area contributed by atoms with Crippen LogP contribution < -0.4 is 10.6 Å². The van der Waals surface area contributed by atoms with Crippen LogP contribution in [0.1, 0.15) is 6.42 Å². The van der Waals surface area contributed by atoms with Crippen molar-refractivity contribution in [2.45, 2.75) is 18.5 Å². The highest BCUT2D eigenvalue weighted by Gasteiger charge is 2.23. The largest absolute Gasteiger partial charge is 0.480 e. The third kappa shape index (κ3) is 6.12. The van der Waals surface area contributed by atoms with Crippen molar-refractivity contribution < 1.29 is 24.6 Å². The van der Waals surface area contributed by atoms with Gasteiger partial charge in [0.1, 0.15) is 12.1 Å². The van der Waals surface area contributed by atoms with Crippen molar-refractivity contribution in [1.29, 1.82) is 0 Å². The Bertz CT molecular complexity index is 274. The highest BCUT2D eigenvalue weighted by atomic mass is 32.2. The van der Waals surface area contributed by atoms with Gasteiger partial charge in [-0.3, -0.25) is 9.59 Å². The number of rotatable bonds is 9.